The number of ether oxygens (including phenoxy) is 2. The number of carbonyl (C=O) groups excluding carboxylic acids is 4. The van der Waals surface area contributed by atoms with Gasteiger partial charge in [0.05, 0.1) is 67.8 Å². The average Bonchev–Trinajstić information content (AvgIpc) is 1.33. The van der Waals surface area contributed by atoms with Gasteiger partial charge in [-0.25, -0.2) is 47.9 Å². The summed E-state index contributed by atoms with van der Waals surface area (Å²) in [7, 11) is -3.92. The summed E-state index contributed by atoms with van der Waals surface area (Å²) in [4.78, 5) is 76.2. The van der Waals surface area contributed by atoms with Crippen LogP contribution in [-0.2, 0) is 45.4 Å². The number of imidazole rings is 2. The zero-order valence-corrected chi connectivity index (χ0v) is 57.9. The molecule has 0 fully saturated rings. The Morgan fingerprint density at radius 1 is 0.560 bits per heavy atom. The van der Waals surface area contributed by atoms with Crippen LogP contribution < -0.4 is 65.0 Å². The van der Waals surface area contributed by atoms with Gasteiger partial charge in [-0.3, -0.25) is 9.59 Å². The van der Waals surface area contributed by atoms with Crippen molar-refractivity contribution in [2.24, 2.45) is 0 Å². The molecule has 0 bridgehead atoms. The minimum absolute atomic E-state index is 0. The number of hydrogen-bond acceptors (Lipinski definition) is 17. The second-order valence-electron chi connectivity index (χ2n) is 22.8. The predicted octanol–water partition coefficient (Wildman–Crippen LogP) is 8.85. The molecule has 0 aliphatic heterocycles. The first kappa shape index (κ1) is 76.4. The van der Waals surface area contributed by atoms with Crippen molar-refractivity contribution in [1.82, 2.24) is 49.7 Å². The fourth-order valence-corrected chi connectivity index (χ4v) is 9.05. The van der Waals surface area contributed by atoms with Crippen LogP contribution in [0.4, 0.5) is 70.6 Å². The summed E-state index contributed by atoms with van der Waals surface area (Å²) in [6, 6.07) is 27.0. The van der Waals surface area contributed by atoms with Crippen molar-refractivity contribution >= 4 is 68.8 Å². The molecule has 524 valence electrons. The Hall–Kier alpha value is -10.9. The molecule has 0 atom stereocenters. The maximum atomic E-state index is 13.7. The Labute approximate surface area is 587 Å². The molecule has 0 saturated carbocycles. The van der Waals surface area contributed by atoms with Crippen LogP contribution in [0.1, 0.15) is 82.1 Å². The van der Waals surface area contributed by atoms with Gasteiger partial charge >= 0.3 is 24.5 Å². The molecule has 10 rings (SSSR count). The van der Waals surface area contributed by atoms with E-state index in [0.717, 1.165) is 46.5 Å². The van der Waals surface area contributed by atoms with E-state index < -0.39 is 57.6 Å². The lowest BCUT2D eigenvalue weighted by Crippen LogP contribution is -3.00. The zero-order chi connectivity index (χ0) is 71.9. The van der Waals surface area contributed by atoms with Crippen molar-refractivity contribution in [3.63, 3.8) is 0 Å². The van der Waals surface area contributed by atoms with Gasteiger partial charge in [0, 0.05) is 101 Å². The molecule has 6 N–H and O–H groups in total. The van der Waals surface area contributed by atoms with E-state index in [0.29, 0.717) is 40.4 Å². The first-order valence-corrected chi connectivity index (χ1v) is 31.8. The van der Waals surface area contributed by atoms with Gasteiger partial charge in [0.25, 0.3) is 25.3 Å². The van der Waals surface area contributed by atoms with Gasteiger partial charge in [0.15, 0.2) is 24.8 Å². The lowest BCUT2D eigenvalue weighted by molar-refractivity contribution is -0.727. The van der Waals surface area contributed by atoms with Crippen molar-refractivity contribution in [1.29, 1.82) is 0 Å². The highest BCUT2D eigenvalue weighted by atomic mass is 127. The molecule has 0 aliphatic rings. The summed E-state index contributed by atoms with van der Waals surface area (Å²) >= 11 is 0. The summed E-state index contributed by atoms with van der Waals surface area (Å²) in [5, 5.41) is 16.8. The fraction of sp³-hybridized carbons (Fsp3) is 0.224. The lowest BCUT2D eigenvalue weighted by atomic mass is 10.1. The lowest BCUT2D eigenvalue weighted by Gasteiger charge is -2.14. The number of nitrogens with zero attached hydrogens (tertiary/aromatic N) is 10. The molecule has 100 heavy (non-hydrogen) atoms. The Bertz CT molecular complexity index is 4410. The SMILES string of the molecule is CS(=O)(=O)[O-].Cc1cn(-c2cc(NC(=O)c3ccc(C)c(Nc4nccc(-c5ccc[n+](COC(=O)NC(C)C)c5)n4)c3)cc(C(F)(F)F)c2)cn1.Cc1cn(-c2cc(NC(=O)c3ccc(C)c(Nc4nccc(-c5ccc[n+](COC(=O)NC(C)C)c5)n4)c3)cc(C(F)(F)F)c2)cn1.[I-]. The van der Waals surface area contributed by atoms with Crippen molar-refractivity contribution in [3.8, 4) is 33.9 Å². The Balaban J connectivity index is 0.000000261. The van der Waals surface area contributed by atoms with Crippen molar-refractivity contribution in [2.45, 2.75) is 93.3 Å². The van der Waals surface area contributed by atoms with Gasteiger partial charge in [0.1, 0.15) is 0 Å². The molecule has 0 spiro atoms. The largest absolute Gasteiger partial charge is 1.00 e. The Kier molecular flexibility index (Phi) is 25.6. The second-order valence-corrected chi connectivity index (χ2v) is 24.2. The quantitative estimate of drug-likeness (QED) is 0.0202. The third kappa shape index (κ3) is 23.1. The van der Waals surface area contributed by atoms with E-state index in [9.17, 15) is 45.5 Å². The number of aromatic nitrogens is 10. The number of halogens is 7. The molecule has 6 heterocycles. The number of alkyl carbamates (subject to hydrolysis) is 2. The number of carbonyl (C=O) groups is 4. The maximum Gasteiger partial charge on any atom is 0.416 e. The molecule has 10 aromatic rings. The molecule has 25 nitrogen and oxygen atoms in total. The minimum atomic E-state index is -4.63. The molecule has 0 aliphatic carbocycles. The van der Waals surface area contributed by atoms with E-state index in [4.69, 9.17) is 22.4 Å². The number of aryl methyl sites for hydroxylation is 4. The van der Waals surface area contributed by atoms with Crippen LogP contribution in [-0.4, -0.2) is 94.3 Å². The number of rotatable bonds is 18. The smallest absolute Gasteiger partial charge is 0.416 e. The van der Waals surface area contributed by atoms with Crippen LogP contribution in [0.25, 0.3) is 33.9 Å². The summed E-state index contributed by atoms with van der Waals surface area (Å²) in [6.45, 7) is 14.5. The summed E-state index contributed by atoms with van der Waals surface area (Å²) in [5.41, 5.74) is 5.47. The Morgan fingerprint density at radius 3 is 1.28 bits per heavy atom. The van der Waals surface area contributed by atoms with E-state index in [1.165, 1.54) is 33.9 Å². The van der Waals surface area contributed by atoms with E-state index in [-0.39, 0.29) is 95.3 Å². The van der Waals surface area contributed by atoms with Crippen molar-refractivity contribution in [3.05, 3.63) is 216 Å². The maximum absolute atomic E-state index is 13.7. The van der Waals surface area contributed by atoms with Crippen LogP contribution in [0, 0.1) is 27.7 Å². The second kappa shape index (κ2) is 33.5. The van der Waals surface area contributed by atoms with Crippen LogP contribution >= 0.6 is 0 Å². The number of benzene rings is 4. The molecular weight excluding hydrogens is 1450 g/mol. The first-order chi connectivity index (χ1) is 46.7. The highest BCUT2D eigenvalue weighted by Gasteiger charge is 2.33. The number of nitrogens with one attached hydrogen (secondary N) is 6. The highest BCUT2D eigenvalue weighted by Crippen LogP contribution is 2.35. The zero-order valence-electron chi connectivity index (χ0n) is 54.9. The molecule has 6 aromatic heterocycles. The van der Waals surface area contributed by atoms with Crippen LogP contribution in [0.15, 0.2) is 171 Å². The number of pyridine rings is 2. The van der Waals surface area contributed by atoms with Crippen LogP contribution in [0.3, 0.4) is 0 Å². The summed E-state index contributed by atoms with van der Waals surface area (Å²) in [6.07, 6.45) is 6.51. The van der Waals surface area contributed by atoms with Crippen LogP contribution in [0.2, 0.25) is 0 Å². The normalized spacial score (nSPS) is 11.2. The third-order valence-electron chi connectivity index (χ3n) is 13.6. The van der Waals surface area contributed by atoms with E-state index in [1.54, 1.807) is 133 Å². The molecule has 0 radical (unpaired) electrons. The average molecular weight is 1510 g/mol. The first-order valence-electron chi connectivity index (χ1n) is 29.9. The van der Waals surface area contributed by atoms with Gasteiger partial charge in [-0.15, -0.1) is 0 Å². The van der Waals surface area contributed by atoms with Gasteiger partial charge < -0.3 is 79.0 Å². The number of hydrogen-bond donors (Lipinski definition) is 6. The molecule has 0 unspecified atom stereocenters. The third-order valence-corrected chi connectivity index (χ3v) is 13.6. The fourth-order valence-electron chi connectivity index (χ4n) is 9.05. The van der Waals surface area contributed by atoms with Crippen molar-refractivity contribution in [2.75, 3.05) is 27.5 Å². The molecule has 33 heteroatoms. The standard InChI is InChI=1S/2C33H31F3N8O3.CH4O3S.HI/c2*1-20(2)39-32(46)47-19-43-11-5-6-24(17-43)28-9-10-37-31(41-28)42-29-12-23(8-7-21(29)3)30(45)40-26-13-25(33(34,35)36)14-27(15-26)44-16-22(4)38-18-44;1-5(2,3)4;/h2*5-18,20H,19H2,1-4H3,(H2-,37,39,40,41,42,45,46);1H3,(H,2,3,4);1H. The van der Waals surface area contributed by atoms with E-state index in [1.807, 2.05) is 53.7 Å². The van der Waals surface area contributed by atoms with E-state index in [2.05, 4.69) is 61.8 Å². The topological polar surface area (TPSA) is 311 Å². The summed E-state index contributed by atoms with van der Waals surface area (Å²) < 4.78 is 126. The highest BCUT2D eigenvalue weighted by molar-refractivity contribution is 7.84. The molecule has 4 amide bonds. The number of amides is 4. The van der Waals surface area contributed by atoms with E-state index >= 15 is 0 Å². The predicted molar refractivity (Wildman–Crippen MR) is 352 cm³/mol. The number of alkyl halides is 6. The van der Waals surface area contributed by atoms with Gasteiger partial charge in [-0.2, -0.15) is 35.5 Å². The molecule has 0 saturated heterocycles. The van der Waals surface area contributed by atoms with Gasteiger partial charge in [0.2, 0.25) is 11.9 Å². The van der Waals surface area contributed by atoms with Gasteiger partial charge in [-0.1, -0.05) is 12.1 Å². The molecule has 4 aromatic carbocycles. The monoisotopic (exact) mass is 1510 g/mol. The minimum Gasteiger partial charge on any atom is -1.00 e. The molecular formula is C67H67F6IN16O9S. The van der Waals surface area contributed by atoms with Crippen LogP contribution in [0.5, 0.6) is 0 Å². The number of anilines is 6. The van der Waals surface area contributed by atoms with Gasteiger partial charge in [-0.05, 0) is 151 Å². The Morgan fingerprint density at radius 2 is 0.940 bits per heavy atom. The summed E-state index contributed by atoms with van der Waals surface area (Å²) in [5.74, 6) is -0.700. The van der Waals surface area contributed by atoms with Crippen molar-refractivity contribution < 1.29 is 101 Å².